The van der Waals surface area contributed by atoms with E-state index in [1.165, 1.54) is 116 Å². The Hall–Kier alpha value is -1.59. The first kappa shape index (κ1) is 33.4. The molecule has 2 N–H and O–H groups in total. The quantitative estimate of drug-likeness (QED) is 0.107. The second kappa shape index (κ2) is 26.0. The van der Waals surface area contributed by atoms with E-state index >= 15 is 0 Å². The predicted molar refractivity (Wildman–Crippen MR) is 161 cm³/mol. The molecule has 0 aliphatic carbocycles. The average Bonchev–Trinajstić information content (AvgIpc) is 2.90. The molecule has 0 aromatic carbocycles. The third kappa shape index (κ3) is 21.1. The fourth-order valence-corrected chi connectivity index (χ4v) is 4.51. The third-order valence-electron chi connectivity index (χ3n) is 6.97. The van der Waals surface area contributed by atoms with Gasteiger partial charge in [-0.1, -0.05) is 143 Å². The van der Waals surface area contributed by atoms with Gasteiger partial charge in [0.1, 0.15) is 0 Å². The van der Waals surface area contributed by atoms with Crippen LogP contribution in [0.4, 0.5) is 11.9 Å². The monoisotopic (exact) mass is 519 g/mol. The number of anilines is 2. The fourth-order valence-electron chi connectivity index (χ4n) is 4.51. The summed E-state index contributed by atoms with van der Waals surface area (Å²) in [5.41, 5.74) is 0. The normalized spacial score (nSPS) is 11.1. The smallest absolute Gasteiger partial charge is 0.323 e. The van der Waals surface area contributed by atoms with Crippen LogP contribution < -0.4 is 15.4 Å². The maximum atomic E-state index is 5.80. The maximum absolute atomic E-state index is 5.80. The average molecular weight is 520 g/mol. The second-order valence-corrected chi connectivity index (χ2v) is 10.7. The molecule has 1 rings (SSSR count). The highest BCUT2D eigenvalue weighted by Crippen LogP contribution is 2.15. The first-order valence-electron chi connectivity index (χ1n) is 16.2. The van der Waals surface area contributed by atoms with Crippen molar-refractivity contribution in [3.05, 3.63) is 0 Å². The summed E-state index contributed by atoms with van der Waals surface area (Å²) in [7, 11) is 0. The molecule has 1 aromatic rings. The highest BCUT2D eigenvalue weighted by Gasteiger charge is 2.07. The Labute approximate surface area is 230 Å². The summed E-state index contributed by atoms with van der Waals surface area (Å²) in [6.07, 6.45) is 29.0. The molecular weight excluding hydrogens is 458 g/mol. The molecule has 1 heterocycles. The van der Waals surface area contributed by atoms with Crippen LogP contribution in [0.2, 0.25) is 0 Å². The number of ether oxygens (including phenoxy) is 1. The lowest BCUT2D eigenvalue weighted by molar-refractivity contribution is 0.285. The predicted octanol–water partition coefficient (Wildman–Crippen LogP) is 9.72. The molecule has 37 heavy (non-hydrogen) atoms. The topological polar surface area (TPSA) is 72.0 Å². The minimum atomic E-state index is 0.430. The van der Waals surface area contributed by atoms with Crippen LogP contribution in [0.5, 0.6) is 6.01 Å². The molecule has 0 radical (unpaired) electrons. The molecule has 0 spiro atoms. The molecule has 1 aromatic heterocycles. The van der Waals surface area contributed by atoms with Crippen molar-refractivity contribution in [1.82, 2.24) is 15.0 Å². The van der Waals surface area contributed by atoms with Gasteiger partial charge < -0.3 is 15.4 Å². The van der Waals surface area contributed by atoms with Crippen molar-refractivity contribution in [3.63, 3.8) is 0 Å². The SMILES string of the molecule is CCCCCCCCCCCCNc1nc(NCCCCCCCCCCCC)nc(OCCCC)n1. The zero-order valence-corrected chi connectivity index (χ0v) is 24.9. The van der Waals surface area contributed by atoms with E-state index < -0.39 is 0 Å². The standard InChI is InChI=1S/C31H61N5O/c1-4-7-10-12-14-16-18-20-22-24-26-32-29-34-30(36-31(35-29)37-28-9-6-3)33-27-25-23-21-19-17-15-13-11-8-5-2/h4-28H2,1-3H3,(H2,32,33,34,35,36). The highest BCUT2D eigenvalue weighted by molar-refractivity contribution is 5.35. The van der Waals surface area contributed by atoms with Crippen LogP contribution in [0, 0.1) is 0 Å². The number of nitrogens with one attached hydrogen (secondary N) is 2. The van der Waals surface area contributed by atoms with Gasteiger partial charge in [0.25, 0.3) is 0 Å². The van der Waals surface area contributed by atoms with Crippen molar-refractivity contribution in [2.24, 2.45) is 0 Å². The summed E-state index contributed by atoms with van der Waals surface area (Å²) >= 11 is 0. The number of hydrogen-bond acceptors (Lipinski definition) is 6. The van der Waals surface area contributed by atoms with Gasteiger partial charge in [0, 0.05) is 13.1 Å². The molecule has 0 bridgehead atoms. The van der Waals surface area contributed by atoms with E-state index in [-0.39, 0.29) is 0 Å². The molecule has 6 heteroatoms. The largest absolute Gasteiger partial charge is 0.463 e. The summed E-state index contributed by atoms with van der Waals surface area (Å²) in [6, 6.07) is 0.430. The van der Waals surface area contributed by atoms with E-state index in [1.54, 1.807) is 0 Å². The molecule has 0 aliphatic rings. The molecular formula is C31H61N5O. The van der Waals surface area contributed by atoms with Gasteiger partial charge in [0.2, 0.25) is 11.9 Å². The van der Waals surface area contributed by atoms with E-state index in [0.717, 1.165) is 38.8 Å². The Kier molecular flexibility index (Phi) is 23.5. The summed E-state index contributed by atoms with van der Waals surface area (Å²) in [6.45, 7) is 9.16. The lowest BCUT2D eigenvalue weighted by Crippen LogP contribution is -2.13. The maximum Gasteiger partial charge on any atom is 0.323 e. The first-order chi connectivity index (χ1) is 18.3. The van der Waals surface area contributed by atoms with Gasteiger partial charge in [-0.3, -0.25) is 0 Å². The van der Waals surface area contributed by atoms with Crippen LogP contribution in [0.3, 0.4) is 0 Å². The van der Waals surface area contributed by atoms with Crippen LogP contribution >= 0.6 is 0 Å². The van der Waals surface area contributed by atoms with E-state index in [2.05, 4.69) is 46.4 Å². The first-order valence-corrected chi connectivity index (χ1v) is 16.2. The minimum absolute atomic E-state index is 0.430. The molecule has 0 amide bonds. The van der Waals surface area contributed by atoms with Crippen molar-refractivity contribution in [3.8, 4) is 6.01 Å². The van der Waals surface area contributed by atoms with Gasteiger partial charge in [0.15, 0.2) is 0 Å². The van der Waals surface area contributed by atoms with Crippen LogP contribution in [-0.4, -0.2) is 34.6 Å². The van der Waals surface area contributed by atoms with Crippen molar-refractivity contribution >= 4 is 11.9 Å². The van der Waals surface area contributed by atoms with Crippen molar-refractivity contribution in [2.75, 3.05) is 30.3 Å². The fraction of sp³-hybridized carbons (Fsp3) is 0.903. The summed E-state index contributed by atoms with van der Waals surface area (Å²) < 4.78 is 5.80. The highest BCUT2D eigenvalue weighted by atomic mass is 16.5. The van der Waals surface area contributed by atoms with Crippen LogP contribution in [-0.2, 0) is 0 Å². The molecule has 0 fully saturated rings. The summed E-state index contributed by atoms with van der Waals surface area (Å²) in [5.74, 6) is 1.26. The van der Waals surface area contributed by atoms with Gasteiger partial charge in [-0.2, -0.15) is 15.0 Å². The number of nitrogens with zero attached hydrogens (tertiary/aromatic N) is 3. The molecule has 0 aliphatic heterocycles. The van der Waals surface area contributed by atoms with Crippen molar-refractivity contribution in [1.29, 1.82) is 0 Å². The molecule has 0 saturated heterocycles. The van der Waals surface area contributed by atoms with Crippen LogP contribution in [0.25, 0.3) is 0 Å². The number of rotatable bonds is 28. The summed E-state index contributed by atoms with van der Waals surface area (Å²) in [5, 5.41) is 6.80. The van der Waals surface area contributed by atoms with Gasteiger partial charge in [-0.15, -0.1) is 0 Å². The Morgan fingerprint density at radius 1 is 0.432 bits per heavy atom. The lowest BCUT2D eigenvalue weighted by atomic mass is 10.1. The Bertz CT molecular complexity index is 569. The van der Waals surface area contributed by atoms with Crippen LogP contribution in [0.1, 0.15) is 162 Å². The van der Waals surface area contributed by atoms with Crippen molar-refractivity contribution < 1.29 is 4.74 Å². The zero-order valence-electron chi connectivity index (χ0n) is 24.9. The summed E-state index contributed by atoms with van der Waals surface area (Å²) in [4.78, 5) is 13.6. The minimum Gasteiger partial charge on any atom is -0.463 e. The molecule has 0 atom stereocenters. The van der Waals surface area contributed by atoms with Gasteiger partial charge in [0.05, 0.1) is 6.61 Å². The Morgan fingerprint density at radius 3 is 1.16 bits per heavy atom. The number of hydrogen-bond donors (Lipinski definition) is 2. The van der Waals surface area contributed by atoms with E-state index in [4.69, 9.17) is 4.74 Å². The lowest BCUT2D eigenvalue weighted by Gasteiger charge is -2.11. The van der Waals surface area contributed by atoms with Gasteiger partial charge in [-0.25, -0.2) is 0 Å². The molecule has 216 valence electrons. The number of aromatic nitrogens is 3. The Balaban J connectivity index is 2.25. The second-order valence-electron chi connectivity index (χ2n) is 10.7. The van der Waals surface area contributed by atoms with Gasteiger partial charge in [-0.05, 0) is 19.3 Å². The van der Waals surface area contributed by atoms with Crippen molar-refractivity contribution in [2.45, 2.75) is 162 Å². The van der Waals surface area contributed by atoms with Gasteiger partial charge >= 0.3 is 6.01 Å². The van der Waals surface area contributed by atoms with Crippen LogP contribution in [0.15, 0.2) is 0 Å². The molecule has 6 nitrogen and oxygen atoms in total. The molecule has 0 saturated carbocycles. The Morgan fingerprint density at radius 2 is 0.784 bits per heavy atom. The van der Waals surface area contributed by atoms with E-state index in [9.17, 15) is 0 Å². The molecule has 0 unspecified atom stereocenters. The van der Waals surface area contributed by atoms with E-state index in [1.807, 2.05) is 0 Å². The number of unbranched alkanes of at least 4 members (excludes halogenated alkanes) is 19. The third-order valence-corrected chi connectivity index (χ3v) is 6.97. The zero-order chi connectivity index (χ0) is 26.7. The van der Waals surface area contributed by atoms with E-state index in [0.29, 0.717) is 24.5 Å².